The highest BCUT2D eigenvalue weighted by atomic mass is 16.6. The van der Waals surface area contributed by atoms with Gasteiger partial charge in [-0.3, -0.25) is 29.9 Å². The second-order valence-corrected chi connectivity index (χ2v) is 7.15. The molecule has 1 heterocycles. The van der Waals surface area contributed by atoms with Crippen molar-refractivity contribution in [3.63, 3.8) is 0 Å². The lowest BCUT2D eigenvalue weighted by Crippen LogP contribution is -2.47. The number of nitrogens with zero attached hydrogens (tertiary/aromatic N) is 5. The summed E-state index contributed by atoms with van der Waals surface area (Å²) in [6.07, 6.45) is 0. The van der Waals surface area contributed by atoms with Crippen LogP contribution in [0.5, 0.6) is 0 Å². The van der Waals surface area contributed by atoms with Crippen molar-refractivity contribution in [1.29, 1.82) is 0 Å². The molecule has 3 rings (SSSR count). The zero-order chi connectivity index (χ0) is 21.7. The average molecular weight is 413 g/mol. The van der Waals surface area contributed by atoms with Gasteiger partial charge in [-0.1, -0.05) is 18.2 Å². The number of nitro groups is 2. The summed E-state index contributed by atoms with van der Waals surface area (Å²) < 4.78 is 0. The summed E-state index contributed by atoms with van der Waals surface area (Å²) in [4.78, 5) is 40.0. The fourth-order valence-corrected chi connectivity index (χ4v) is 3.38. The molecule has 2 aromatic rings. The topological polar surface area (TPSA) is 113 Å². The average Bonchev–Trinajstić information content (AvgIpc) is 2.75. The number of rotatable bonds is 7. The maximum absolute atomic E-state index is 13.2. The lowest BCUT2D eigenvalue weighted by Gasteiger charge is -2.34. The van der Waals surface area contributed by atoms with Crippen molar-refractivity contribution >= 4 is 23.0 Å². The van der Waals surface area contributed by atoms with Crippen LogP contribution >= 0.6 is 0 Å². The molecule has 2 aromatic carbocycles. The maximum Gasteiger partial charge on any atom is 0.346 e. The van der Waals surface area contributed by atoms with Crippen LogP contribution < -0.4 is 4.90 Å². The van der Waals surface area contributed by atoms with Crippen LogP contribution in [0.3, 0.4) is 0 Å². The normalized spacial score (nSPS) is 15.0. The standard InChI is InChI=1S/C20H23N5O5/c1-21-9-11-22(12-10-21)13-14-23(17-5-3-2-4-6-17)20(26)16-7-8-18(24(27)28)19(15-16)25(29)30/h2-8,15H,9-14H2,1H3. The van der Waals surface area contributed by atoms with Crippen LogP contribution in [-0.2, 0) is 0 Å². The summed E-state index contributed by atoms with van der Waals surface area (Å²) in [5.74, 6) is -0.437. The molecule has 0 bridgehead atoms. The molecule has 0 aromatic heterocycles. The quantitative estimate of drug-likeness (QED) is 0.506. The molecule has 1 fully saturated rings. The summed E-state index contributed by atoms with van der Waals surface area (Å²) in [6, 6.07) is 12.3. The highest BCUT2D eigenvalue weighted by molar-refractivity contribution is 6.06. The van der Waals surface area contributed by atoms with Gasteiger partial charge in [-0.05, 0) is 25.2 Å². The van der Waals surface area contributed by atoms with Crippen molar-refractivity contribution in [2.45, 2.75) is 0 Å². The second-order valence-electron chi connectivity index (χ2n) is 7.15. The lowest BCUT2D eigenvalue weighted by atomic mass is 10.1. The predicted molar refractivity (Wildman–Crippen MR) is 112 cm³/mol. The van der Waals surface area contributed by atoms with Gasteiger partial charge in [0.1, 0.15) is 0 Å². The van der Waals surface area contributed by atoms with Crippen LogP contribution in [0.1, 0.15) is 10.4 Å². The van der Waals surface area contributed by atoms with E-state index in [9.17, 15) is 25.0 Å². The first kappa shape index (κ1) is 21.3. The van der Waals surface area contributed by atoms with Crippen molar-refractivity contribution in [1.82, 2.24) is 9.80 Å². The molecular weight excluding hydrogens is 390 g/mol. The summed E-state index contributed by atoms with van der Waals surface area (Å²) in [5, 5.41) is 22.3. The Labute approximate surface area is 173 Å². The molecule has 1 saturated heterocycles. The largest absolute Gasteiger partial charge is 0.346 e. The highest BCUT2D eigenvalue weighted by Gasteiger charge is 2.28. The van der Waals surface area contributed by atoms with E-state index in [1.165, 1.54) is 6.07 Å². The van der Waals surface area contributed by atoms with Crippen molar-refractivity contribution in [3.8, 4) is 0 Å². The van der Waals surface area contributed by atoms with Crippen LogP contribution in [0.2, 0.25) is 0 Å². The molecule has 0 unspecified atom stereocenters. The van der Waals surface area contributed by atoms with Gasteiger partial charge in [0.15, 0.2) is 0 Å². The summed E-state index contributed by atoms with van der Waals surface area (Å²) in [5.41, 5.74) is -0.634. The predicted octanol–water partition coefficient (Wildman–Crippen LogP) is 2.40. The van der Waals surface area contributed by atoms with Crippen molar-refractivity contribution < 1.29 is 14.6 Å². The summed E-state index contributed by atoms with van der Waals surface area (Å²) >= 11 is 0. The number of amides is 1. The highest BCUT2D eigenvalue weighted by Crippen LogP contribution is 2.28. The minimum absolute atomic E-state index is 0.0366. The number of nitro benzene ring substituents is 2. The van der Waals surface area contributed by atoms with E-state index < -0.39 is 27.1 Å². The fraction of sp³-hybridized carbons (Fsp3) is 0.350. The van der Waals surface area contributed by atoms with Gasteiger partial charge in [-0.15, -0.1) is 0 Å². The number of benzene rings is 2. The molecule has 158 valence electrons. The van der Waals surface area contributed by atoms with E-state index in [0.717, 1.165) is 38.3 Å². The van der Waals surface area contributed by atoms with Gasteiger partial charge in [-0.2, -0.15) is 0 Å². The van der Waals surface area contributed by atoms with Crippen LogP contribution in [0.15, 0.2) is 48.5 Å². The van der Waals surface area contributed by atoms with Gasteiger partial charge >= 0.3 is 11.4 Å². The molecule has 0 spiro atoms. The molecule has 10 nitrogen and oxygen atoms in total. The van der Waals surface area contributed by atoms with Crippen molar-refractivity contribution in [3.05, 3.63) is 74.3 Å². The molecule has 1 aliphatic rings. The van der Waals surface area contributed by atoms with Gasteiger partial charge in [0.05, 0.1) is 9.85 Å². The van der Waals surface area contributed by atoms with Gasteiger partial charge in [-0.25, -0.2) is 0 Å². The molecule has 0 atom stereocenters. The molecular formula is C20H23N5O5. The number of hydrogen-bond acceptors (Lipinski definition) is 7. The Balaban J connectivity index is 1.86. The van der Waals surface area contributed by atoms with Gasteiger partial charge in [0.25, 0.3) is 5.91 Å². The lowest BCUT2D eigenvalue weighted by molar-refractivity contribution is -0.422. The molecule has 10 heteroatoms. The number of hydrogen-bond donors (Lipinski definition) is 0. The monoisotopic (exact) mass is 413 g/mol. The third kappa shape index (κ3) is 4.97. The number of anilines is 1. The van der Waals surface area contributed by atoms with Crippen LogP contribution in [0.4, 0.5) is 17.1 Å². The number of para-hydroxylation sites is 1. The van der Waals surface area contributed by atoms with E-state index in [1.54, 1.807) is 17.0 Å². The van der Waals surface area contributed by atoms with E-state index in [-0.39, 0.29) is 5.56 Å². The molecule has 0 radical (unpaired) electrons. The first-order valence-corrected chi connectivity index (χ1v) is 9.57. The number of piperazine rings is 1. The Kier molecular flexibility index (Phi) is 6.70. The Hall–Kier alpha value is -3.37. The van der Waals surface area contributed by atoms with E-state index in [0.29, 0.717) is 18.8 Å². The fourth-order valence-electron chi connectivity index (χ4n) is 3.38. The van der Waals surface area contributed by atoms with Crippen molar-refractivity contribution in [2.24, 2.45) is 0 Å². The molecule has 1 aliphatic heterocycles. The molecule has 0 saturated carbocycles. The van der Waals surface area contributed by atoms with Gasteiger partial charge in [0.2, 0.25) is 0 Å². The van der Waals surface area contributed by atoms with Crippen LogP contribution in [0.25, 0.3) is 0 Å². The maximum atomic E-state index is 13.2. The summed E-state index contributed by atoms with van der Waals surface area (Å²) in [7, 11) is 2.07. The zero-order valence-electron chi connectivity index (χ0n) is 16.6. The van der Waals surface area contributed by atoms with Crippen LogP contribution in [0, 0.1) is 20.2 Å². The number of carbonyl (C=O) groups is 1. The number of carbonyl (C=O) groups excluding carboxylic acids is 1. The Morgan fingerprint density at radius 3 is 2.20 bits per heavy atom. The Morgan fingerprint density at radius 2 is 1.60 bits per heavy atom. The van der Waals surface area contributed by atoms with E-state index >= 15 is 0 Å². The first-order chi connectivity index (χ1) is 14.4. The smallest absolute Gasteiger partial charge is 0.307 e. The van der Waals surface area contributed by atoms with E-state index in [1.807, 2.05) is 18.2 Å². The molecule has 1 amide bonds. The first-order valence-electron chi connectivity index (χ1n) is 9.57. The van der Waals surface area contributed by atoms with Gasteiger partial charge < -0.3 is 9.80 Å². The number of likely N-dealkylation sites (N-methyl/N-ethyl adjacent to an activating group) is 1. The van der Waals surface area contributed by atoms with E-state index in [2.05, 4.69) is 16.8 Å². The van der Waals surface area contributed by atoms with E-state index in [4.69, 9.17) is 0 Å². The Morgan fingerprint density at radius 1 is 0.967 bits per heavy atom. The third-order valence-electron chi connectivity index (χ3n) is 5.16. The molecule has 0 aliphatic carbocycles. The molecule has 0 N–H and O–H groups in total. The van der Waals surface area contributed by atoms with Crippen LogP contribution in [-0.4, -0.2) is 71.9 Å². The minimum atomic E-state index is -0.841. The summed E-state index contributed by atoms with van der Waals surface area (Å²) in [6.45, 7) is 4.76. The SMILES string of the molecule is CN1CCN(CCN(C(=O)c2ccc([N+](=O)[O-])c([N+](=O)[O-])c2)c2ccccc2)CC1. The van der Waals surface area contributed by atoms with Crippen molar-refractivity contribution in [2.75, 3.05) is 51.2 Å². The molecule has 30 heavy (non-hydrogen) atoms. The zero-order valence-corrected chi connectivity index (χ0v) is 16.6. The third-order valence-corrected chi connectivity index (χ3v) is 5.16. The second kappa shape index (κ2) is 9.42. The van der Waals surface area contributed by atoms with Gasteiger partial charge in [0, 0.05) is 62.7 Å². The Bertz CT molecular complexity index is 928. The minimum Gasteiger partial charge on any atom is -0.307 e.